The molecular formula is C10H16O5. The van der Waals surface area contributed by atoms with Gasteiger partial charge >= 0.3 is 5.97 Å². The number of aliphatic carboxylic acids is 1. The Labute approximate surface area is 88.0 Å². The molecule has 5 nitrogen and oxygen atoms in total. The van der Waals surface area contributed by atoms with Crippen molar-refractivity contribution in [1.29, 1.82) is 0 Å². The Hall–Kier alpha value is -0.650. The zero-order valence-electron chi connectivity index (χ0n) is 8.52. The number of carboxylic acids is 1. The predicted molar refractivity (Wildman–Crippen MR) is 50.2 cm³/mol. The number of hydrogen-bond donors (Lipinski definition) is 2. The van der Waals surface area contributed by atoms with Gasteiger partial charge in [-0.15, -0.1) is 0 Å². The first-order valence-corrected chi connectivity index (χ1v) is 5.29. The van der Waals surface area contributed by atoms with Gasteiger partial charge in [-0.3, -0.25) is 4.79 Å². The van der Waals surface area contributed by atoms with E-state index in [1.54, 1.807) is 0 Å². The van der Waals surface area contributed by atoms with Crippen molar-refractivity contribution in [2.45, 2.75) is 37.6 Å². The van der Waals surface area contributed by atoms with Crippen LogP contribution in [0.3, 0.4) is 0 Å². The lowest BCUT2D eigenvalue weighted by atomic mass is 9.80. The van der Waals surface area contributed by atoms with Crippen LogP contribution in [0.5, 0.6) is 0 Å². The summed E-state index contributed by atoms with van der Waals surface area (Å²) in [5, 5.41) is 18.4. The van der Waals surface area contributed by atoms with Crippen LogP contribution in [0, 0.1) is 5.92 Å². The molecule has 0 bridgehead atoms. The first kappa shape index (κ1) is 10.9. The average Bonchev–Trinajstić information content (AvgIpc) is 2.60. The van der Waals surface area contributed by atoms with Gasteiger partial charge < -0.3 is 19.7 Å². The molecule has 2 aliphatic rings. The van der Waals surface area contributed by atoms with Crippen LogP contribution in [0.25, 0.3) is 0 Å². The number of aliphatic hydroxyl groups excluding tert-OH is 1. The summed E-state index contributed by atoms with van der Waals surface area (Å²) in [7, 11) is 0. The maximum absolute atomic E-state index is 10.6. The lowest BCUT2D eigenvalue weighted by molar-refractivity contribution is -0.203. The van der Waals surface area contributed by atoms with E-state index in [2.05, 4.69) is 0 Å². The first-order valence-electron chi connectivity index (χ1n) is 5.29. The second-order valence-electron chi connectivity index (χ2n) is 4.28. The summed E-state index contributed by atoms with van der Waals surface area (Å²) in [6.07, 6.45) is 1.14. The van der Waals surface area contributed by atoms with E-state index in [1.165, 1.54) is 0 Å². The van der Waals surface area contributed by atoms with Gasteiger partial charge in [0.05, 0.1) is 25.7 Å². The van der Waals surface area contributed by atoms with Gasteiger partial charge in [-0.2, -0.15) is 0 Å². The maximum atomic E-state index is 10.6. The van der Waals surface area contributed by atoms with Gasteiger partial charge in [0.25, 0.3) is 0 Å². The summed E-state index contributed by atoms with van der Waals surface area (Å²) in [6.45, 7) is 1.13. The Morgan fingerprint density at radius 1 is 1.40 bits per heavy atom. The minimum Gasteiger partial charge on any atom is -0.481 e. The maximum Gasteiger partial charge on any atom is 0.303 e. The molecule has 0 amide bonds. The number of aliphatic hydroxyl groups is 1. The van der Waals surface area contributed by atoms with E-state index >= 15 is 0 Å². The van der Waals surface area contributed by atoms with E-state index in [1.807, 2.05) is 0 Å². The molecule has 2 fully saturated rings. The molecule has 1 heterocycles. The highest BCUT2D eigenvalue weighted by Crippen LogP contribution is 2.40. The van der Waals surface area contributed by atoms with Crippen LogP contribution in [-0.2, 0) is 14.3 Å². The topological polar surface area (TPSA) is 76.0 Å². The Morgan fingerprint density at radius 3 is 2.67 bits per heavy atom. The smallest absolute Gasteiger partial charge is 0.303 e. The van der Waals surface area contributed by atoms with E-state index in [0.29, 0.717) is 32.5 Å². The van der Waals surface area contributed by atoms with Gasteiger partial charge in [-0.25, -0.2) is 0 Å². The third-order valence-corrected chi connectivity index (χ3v) is 3.19. The molecule has 0 aromatic rings. The van der Waals surface area contributed by atoms with Crippen molar-refractivity contribution in [3.05, 3.63) is 0 Å². The highest BCUT2D eigenvalue weighted by molar-refractivity contribution is 5.67. The molecule has 2 rings (SSSR count). The molecule has 0 radical (unpaired) electrons. The Balaban J connectivity index is 2.00. The third kappa shape index (κ3) is 2.30. The van der Waals surface area contributed by atoms with Crippen LogP contribution in [0.15, 0.2) is 0 Å². The van der Waals surface area contributed by atoms with Gasteiger partial charge in [-0.1, -0.05) is 0 Å². The molecule has 1 saturated carbocycles. The van der Waals surface area contributed by atoms with Crippen molar-refractivity contribution < 1.29 is 24.5 Å². The van der Waals surface area contributed by atoms with Crippen molar-refractivity contribution in [3.8, 4) is 0 Å². The van der Waals surface area contributed by atoms with Gasteiger partial charge in [0.15, 0.2) is 5.79 Å². The molecule has 86 valence electrons. The zero-order valence-corrected chi connectivity index (χ0v) is 8.52. The summed E-state index contributed by atoms with van der Waals surface area (Å²) < 4.78 is 11.0. The summed E-state index contributed by atoms with van der Waals surface area (Å²) in [4.78, 5) is 10.6. The summed E-state index contributed by atoms with van der Waals surface area (Å²) in [5.41, 5.74) is 0. The van der Waals surface area contributed by atoms with E-state index in [0.717, 1.165) is 0 Å². The van der Waals surface area contributed by atoms with Crippen LogP contribution in [0.2, 0.25) is 0 Å². The first-order chi connectivity index (χ1) is 7.11. The summed E-state index contributed by atoms with van der Waals surface area (Å²) in [5.74, 6) is -1.75. The van der Waals surface area contributed by atoms with E-state index < -0.39 is 17.9 Å². The van der Waals surface area contributed by atoms with Crippen LogP contribution in [-0.4, -0.2) is 41.3 Å². The fraction of sp³-hybridized carbons (Fsp3) is 0.900. The van der Waals surface area contributed by atoms with Gasteiger partial charge in [0, 0.05) is 18.8 Å². The van der Waals surface area contributed by atoms with Crippen molar-refractivity contribution in [2.75, 3.05) is 13.2 Å². The number of ether oxygens (including phenoxy) is 2. The fourth-order valence-corrected chi connectivity index (χ4v) is 2.43. The van der Waals surface area contributed by atoms with Gasteiger partial charge in [-0.05, 0) is 6.42 Å². The van der Waals surface area contributed by atoms with Crippen LogP contribution >= 0.6 is 0 Å². The molecule has 1 spiro atoms. The number of rotatable bonds is 2. The van der Waals surface area contributed by atoms with Crippen LogP contribution in [0.4, 0.5) is 0 Å². The quantitative estimate of drug-likeness (QED) is 0.697. The van der Waals surface area contributed by atoms with Crippen molar-refractivity contribution in [1.82, 2.24) is 0 Å². The molecule has 1 saturated heterocycles. The Bertz CT molecular complexity index is 246. The van der Waals surface area contributed by atoms with E-state index in [9.17, 15) is 9.90 Å². The van der Waals surface area contributed by atoms with E-state index in [-0.39, 0.29) is 12.3 Å². The Morgan fingerprint density at radius 2 is 2.07 bits per heavy atom. The molecule has 0 aromatic carbocycles. The molecule has 2 atom stereocenters. The predicted octanol–water partition coefficient (Wildman–Crippen LogP) is 0.365. The Kier molecular flexibility index (Phi) is 2.95. The van der Waals surface area contributed by atoms with Crippen LogP contribution in [0.1, 0.15) is 25.7 Å². The largest absolute Gasteiger partial charge is 0.481 e. The third-order valence-electron chi connectivity index (χ3n) is 3.19. The molecule has 2 unspecified atom stereocenters. The number of carboxylic acid groups (broad SMARTS) is 1. The molecule has 2 N–H and O–H groups in total. The molecule has 1 aliphatic heterocycles. The standard InChI is InChI=1S/C10H16O5/c11-8-1-2-10(14-3-4-15-10)6-7(8)5-9(12)13/h7-8,11H,1-6H2,(H,12,13). The van der Waals surface area contributed by atoms with Crippen molar-refractivity contribution in [3.63, 3.8) is 0 Å². The SMILES string of the molecule is O=C(O)CC1CC2(CCC1O)OCCO2. The highest BCUT2D eigenvalue weighted by Gasteiger charge is 2.45. The minimum absolute atomic E-state index is 0.0182. The number of carbonyl (C=O) groups is 1. The molecule has 0 aromatic heterocycles. The minimum atomic E-state index is -0.880. The average molecular weight is 216 g/mol. The lowest BCUT2D eigenvalue weighted by Crippen LogP contribution is -2.43. The van der Waals surface area contributed by atoms with E-state index in [4.69, 9.17) is 14.6 Å². The molecule has 15 heavy (non-hydrogen) atoms. The summed E-state index contributed by atoms with van der Waals surface area (Å²) in [6, 6.07) is 0. The fourth-order valence-electron chi connectivity index (χ4n) is 2.43. The van der Waals surface area contributed by atoms with Crippen molar-refractivity contribution in [2.24, 2.45) is 5.92 Å². The van der Waals surface area contributed by atoms with Gasteiger partial charge in [0.1, 0.15) is 0 Å². The normalized spacial score (nSPS) is 34.5. The zero-order chi connectivity index (χ0) is 10.9. The lowest BCUT2D eigenvalue weighted by Gasteiger charge is -2.38. The van der Waals surface area contributed by atoms with Gasteiger partial charge in [0.2, 0.25) is 0 Å². The van der Waals surface area contributed by atoms with Crippen LogP contribution < -0.4 is 0 Å². The second-order valence-corrected chi connectivity index (χ2v) is 4.28. The molecule has 1 aliphatic carbocycles. The van der Waals surface area contributed by atoms with Crippen molar-refractivity contribution >= 4 is 5.97 Å². The molecular weight excluding hydrogens is 200 g/mol. The monoisotopic (exact) mass is 216 g/mol. The molecule has 5 heteroatoms. The highest BCUT2D eigenvalue weighted by atomic mass is 16.7. The summed E-state index contributed by atoms with van der Waals surface area (Å²) >= 11 is 0. The number of hydrogen-bond acceptors (Lipinski definition) is 4. The second kappa shape index (κ2) is 4.08.